The van der Waals surface area contributed by atoms with Gasteiger partial charge in [0.2, 0.25) is 0 Å². The molecular weight excluding hydrogens is 230 g/mol. The van der Waals surface area contributed by atoms with Crippen LogP contribution in [0, 0.1) is 5.92 Å². The van der Waals surface area contributed by atoms with Gasteiger partial charge in [-0.15, -0.1) is 0 Å². The molecule has 0 atom stereocenters. The number of alkyl carbamates (subject to hydrolysis) is 1. The Kier molecular flexibility index (Phi) is 4.41. The van der Waals surface area contributed by atoms with Crippen LogP contribution < -0.4 is 5.32 Å². The molecule has 1 amide bonds. The van der Waals surface area contributed by atoms with E-state index in [4.69, 9.17) is 4.74 Å². The number of amides is 1. The van der Waals surface area contributed by atoms with E-state index in [1.54, 1.807) is 0 Å². The van der Waals surface area contributed by atoms with Crippen molar-refractivity contribution in [1.29, 1.82) is 0 Å². The third-order valence-electron chi connectivity index (χ3n) is 3.19. The largest absolute Gasteiger partial charge is 0.444 e. The number of hydrogen-bond acceptors (Lipinski definition) is 3. The molecule has 1 saturated carbocycles. The van der Waals surface area contributed by atoms with Crippen LogP contribution in [0.15, 0.2) is 0 Å². The number of ether oxygens (including phenoxy) is 1. The molecule has 0 aromatic heterocycles. The van der Waals surface area contributed by atoms with Gasteiger partial charge >= 0.3 is 6.09 Å². The van der Waals surface area contributed by atoms with Gasteiger partial charge in [0.05, 0.1) is 0 Å². The molecule has 0 aromatic rings. The number of rotatable bonds is 3. The van der Waals surface area contributed by atoms with Crippen LogP contribution in [0.3, 0.4) is 0 Å². The van der Waals surface area contributed by atoms with Gasteiger partial charge in [0.1, 0.15) is 11.1 Å². The maximum absolute atomic E-state index is 12.3. The van der Waals surface area contributed by atoms with E-state index < -0.39 is 17.2 Å². The highest BCUT2D eigenvalue weighted by molar-refractivity contribution is 5.93. The van der Waals surface area contributed by atoms with Crippen molar-refractivity contribution in [1.82, 2.24) is 5.32 Å². The van der Waals surface area contributed by atoms with Crippen molar-refractivity contribution >= 4 is 11.9 Å². The van der Waals surface area contributed by atoms with E-state index in [0.717, 1.165) is 25.7 Å². The third kappa shape index (κ3) is 3.72. The molecule has 0 aliphatic heterocycles. The molecule has 1 aliphatic rings. The minimum Gasteiger partial charge on any atom is -0.444 e. The lowest BCUT2D eigenvalue weighted by atomic mass is 9.86. The molecule has 0 bridgehead atoms. The van der Waals surface area contributed by atoms with Gasteiger partial charge in [-0.25, -0.2) is 4.79 Å². The number of ketones is 1. The fourth-order valence-corrected chi connectivity index (χ4v) is 2.46. The minimum absolute atomic E-state index is 0.0713. The first-order valence-corrected chi connectivity index (χ1v) is 6.72. The Morgan fingerprint density at radius 2 is 1.67 bits per heavy atom. The molecule has 1 N–H and O–H groups in total. The topological polar surface area (TPSA) is 55.4 Å². The van der Waals surface area contributed by atoms with Crippen molar-refractivity contribution in [2.75, 3.05) is 0 Å². The number of carbonyl (C=O) groups excluding carboxylic acids is 2. The van der Waals surface area contributed by atoms with Crippen molar-refractivity contribution < 1.29 is 14.3 Å². The zero-order valence-corrected chi connectivity index (χ0v) is 12.1. The number of hydrogen-bond donors (Lipinski definition) is 1. The zero-order valence-electron chi connectivity index (χ0n) is 12.1. The Morgan fingerprint density at radius 1 is 1.17 bits per heavy atom. The van der Waals surface area contributed by atoms with E-state index >= 15 is 0 Å². The monoisotopic (exact) mass is 255 g/mol. The van der Waals surface area contributed by atoms with Gasteiger partial charge in [-0.3, -0.25) is 4.79 Å². The summed E-state index contributed by atoms with van der Waals surface area (Å²) in [7, 11) is 0. The van der Waals surface area contributed by atoms with E-state index in [1.165, 1.54) is 0 Å². The molecule has 18 heavy (non-hydrogen) atoms. The smallest absolute Gasteiger partial charge is 0.408 e. The summed E-state index contributed by atoms with van der Waals surface area (Å²) < 4.78 is 5.25. The summed E-state index contributed by atoms with van der Waals surface area (Å²) >= 11 is 0. The lowest BCUT2D eigenvalue weighted by Gasteiger charge is -2.31. The van der Waals surface area contributed by atoms with Crippen LogP contribution in [0.2, 0.25) is 0 Å². The molecule has 1 fully saturated rings. The van der Waals surface area contributed by atoms with Crippen molar-refractivity contribution in [3.8, 4) is 0 Å². The van der Waals surface area contributed by atoms with Crippen LogP contribution in [-0.2, 0) is 9.53 Å². The fraction of sp³-hybridized carbons (Fsp3) is 0.857. The summed E-state index contributed by atoms with van der Waals surface area (Å²) in [6.45, 7) is 9.20. The van der Waals surface area contributed by atoms with Gasteiger partial charge in [0, 0.05) is 5.92 Å². The standard InChI is InChI=1S/C14H25NO3/c1-10(2)11(16)14(8-6-7-9-14)15-12(17)18-13(3,4)5/h10H,6-9H2,1-5H3,(H,15,17). The Labute approximate surface area is 109 Å². The molecule has 1 rings (SSSR count). The lowest BCUT2D eigenvalue weighted by Crippen LogP contribution is -2.55. The molecule has 4 heteroatoms. The van der Waals surface area contributed by atoms with Crippen molar-refractivity contribution in [2.24, 2.45) is 5.92 Å². The quantitative estimate of drug-likeness (QED) is 0.843. The summed E-state index contributed by atoms with van der Waals surface area (Å²) in [6, 6.07) is 0. The summed E-state index contributed by atoms with van der Waals surface area (Å²) in [5, 5.41) is 2.82. The Balaban J connectivity index is 2.75. The highest BCUT2D eigenvalue weighted by atomic mass is 16.6. The van der Waals surface area contributed by atoms with Crippen LogP contribution >= 0.6 is 0 Å². The summed E-state index contributed by atoms with van der Waals surface area (Å²) in [5.74, 6) is 0.0453. The first-order valence-electron chi connectivity index (χ1n) is 6.72. The Morgan fingerprint density at radius 3 is 2.06 bits per heavy atom. The van der Waals surface area contributed by atoms with Gasteiger partial charge in [0.15, 0.2) is 5.78 Å². The molecule has 0 aromatic carbocycles. The highest BCUT2D eigenvalue weighted by Gasteiger charge is 2.43. The predicted octanol–water partition coefficient (Wildman–Crippen LogP) is 3.05. The molecule has 104 valence electrons. The number of Topliss-reactive ketones (excluding diaryl/α,β-unsaturated/α-hetero) is 1. The molecule has 0 radical (unpaired) electrons. The Bertz CT molecular complexity index is 322. The van der Waals surface area contributed by atoms with Gasteiger partial charge in [-0.2, -0.15) is 0 Å². The highest BCUT2D eigenvalue weighted by Crippen LogP contribution is 2.33. The molecular formula is C14H25NO3. The molecule has 1 aliphatic carbocycles. The van der Waals surface area contributed by atoms with Gasteiger partial charge in [-0.05, 0) is 33.6 Å². The van der Waals surface area contributed by atoms with Crippen molar-refractivity contribution in [2.45, 2.75) is 71.4 Å². The van der Waals surface area contributed by atoms with E-state index in [9.17, 15) is 9.59 Å². The Hall–Kier alpha value is -1.06. The summed E-state index contributed by atoms with van der Waals surface area (Å²) in [6.07, 6.45) is 2.92. The first kappa shape index (κ1) is 15.0. The average Bonchev–Trinajstić information content (AvgIpc) is 2.62. The van der Waals surface area contributed by atoms with E-state index in [-0.39, 0.29) is 11.7 Å². The number of nitrogens with one attached hydrogen (secondary N) is 1. The van der Waals surface area contributed by atoms with Crippen LogP contribution in [0.25, 0.3) is 0 Å². The lowest BCUT2D eigenvalue weighted by molar-refractivity contribution is -0.128. The maximum Gasteiger partial charge on any atom is 0.408 e. The summed E-state index contributed by atoms with van der Waals surface area (Å²) in [5.41, 5.74) is -1.23. The van der Waals surface area contributed by atoms with Crippen molar-refractivity contribution in [3.05, 3.63) is 0 Å². The van der Waals surface area contributed by atoms with Crippen LogP contribution in [0.5, 0.6) is 0 Å². The average molecular weight is 255 g/mol. The minimum atomic E-state index is -0.698. The van der Waals surface area contributed by atoms with E-state index in [0.29, 0.717) is 0 Å². The van der Waals surface area contributed by atoms with Gasteiger partial charge in [-0.1, -0.05) is 26.7 Å². The second-order valence-corrected chi connectivity index (χ2v) is 6.44. The third-order valence-corrected chi connectivity index (χ3v) is 3.19. The second-order valence-electron chi connectivity index (χ2n) is 6.44. The van der Waals surface area contributed by atoms with Crippen LogP contribution in [0.4, 0.5) is 4.79 Å². The maximum atomic E-state index is 12.3. The molecule has 0 heterocycles. The molecule has 0 spiro atoms. The normalized spacial score (nSPS) is 18.8. The van der Waals surface area contributed by atoms with Crippen LogP contribution in [-0.4, -0.2) is 23.0 Å². The zero-order chi connectivity index (χ0) is 14.0. The SMILES string of the molecule is CC(C)C(=O)C1(NC(=O)OC(C)(C)C)CCCC1. The van der Waals surface area contributed by atoms with Gasteiger partial charge < -0.3 is 10.1 Å². The molecule has 0 saturated heterocycles. The molecule has 0 unspecified atom stereocenters. The van der Waals surface area contributed by atoms with E-state index in [2.05, 4.69) is 5.32 Å². The van der Waals surface area contributed by atoms with Crippen LogP contribution in [0.1, 0.15) is 60.3 Å². The molecule has 4 nitrogen and oxygen atoms in total. The predicted molar refractivity (Wildman–Crippen MR) is 70.4 cm³/mol. The van der Waals surface area contributed by atoms with Crippen molar-refractivity contribution in [3.63, 3.8) is 0 Å². The first-order chi connectivity index (χ1) is 8.16. The second kappa shape index (κ2) is 5.29. The number of carbonyl (C=O) groups is 2. The van der Waals surface area contributed by atoms with Gasteiger partial charge in [0.25, 0.3) is 0 Å². The van der Waals surface area contributed by atoms with E-state index in [1.807, 2.05) is 34.6 Å². The summed E-state index contributed by atoms with van der Waals surface area (Å²) in [4.78, 5) is 24.2. The fourth-order valence-electron chi connectivity index (χ4n) is 2.46.